The van der Waals surface area contributed by atoms with Gasteiger partial charge in [-0.25, -0.2) is 0 Å². The molecule has 0 atom stereocenters. The van der Waals surface area contributed by atoms with E-state index in [2.05, 4.69) is 23.5 Å². The molecule has 4 heteroatoms. The minimum atomic E-state index is 0.524. The molecule has 0 fully saturated rings. The average molecular weight is 338 g/mol. The van der Waals surface area contributed by atoms with Crippen LogP contribution in [0.25, 0.3) is 0 Å². The summed E-state index contributed by atoms with van der Waals surface area (Å²) in [4.78, 5) is 0. The minimum absolute atomic E-state index is 0.524. The Kier molecular flexibility index (Phi) is 6.12. The second-order valence-corrected chi connectivity index (χ2v) is 5.73. The summed E-state index contributed by atoms with van der Waals surface area (Å²) in [6.45, 7) is 4.71. The van der Waals surface area contributed by atoms with Gasteiger partial charge in [0.05, 0.1) is 18.4 Å². The van der Waals surface area contributed by atoms with Crippen LogP contribution in [0.3, 0.4) is 0 Å². The van der Waals surface area contributed by atoms with Crippen LogP contribution in [0.2, 0.25) is 0 Å². The maximum atomic E-state index is 6.13. The van der Waals surface area contributed by atoms with Crippen molar-refractivity contribution >= 4 is 0 Å². The van der Waals surface area contributed by atoms with Crippen LogP contribution in [-0.4, -0.2) is 6.61 Å². The second-order valence-electron chi connectivity index (χ2n) is 5.73. The van der Waals surface area contributed by atoms with Crippen LogP contribution in [0.1, 0.15) is 23.8 Å². The molecular weight excluding hydrogens is 314 g/mol. The van der Waals surface area contributed by atoms with Crippen molar-refractivity contribution in [3.8, 4) is 11.5 Å². The smallest absolute Gasteiger partial charge is 0.170 e. The van der Waals surface area contributed by atoms with Crippen LogP contribution in [0.5, 0.6) is 11.5 Å². The van der Waals surface area contributed by atoms with Crippen LogP contribution in [0.15, 0.2) is 71.3 Å². The Balaban J connectivity index is 1.70. The third kappa shape index (κ3) is 4.88. The minimum Gasteiger partial charge on any atom is -0.490 e. The average Bonchev–Trinajstić information content (AvgIpc) is 3.16. The second kappa shape index (κ2) is 8.94. The molecule has 2 N–H and O–H groups in total. The van der Waals surface area contributed by atoms with Crippen molar-refractivity contribution in [1.82, 2.24) is 0 Å². The first-order chi connectivity index (χ1) is 12.4. The van der Waals surface area contributed by atoms with Crippen molar-refractivity contribution in [2.24, 2.45) is 0 Å². The van der Waals surface area contributed by atoms with E-state index in [0.29, 0.717) is 13.2 Å². The van der Waals surface area contributed by atoms with Gasteiger partial charge in [0.25, 0.3) is 0 Å². The zero-order valence-corrected chi connectivity index (χ0v) is 14.5. The maximum Gasteiger partial charge on any atom is 0.170 e. The number of benzene rings is 2. The van der Waals surface area contributed by atoms with E-state index < -0.39 is 0 Å². The predicted molar refractivity (Wildman–Crippen MR) is 96.4 cm³/mol. The van der Waals surface area contributed by atoms with Crippen molar-refractivity contribution in [2.45, 2.75) is 26.6 Å². The molecule has 130 valence electrons. The lowest BCUT2D eigenvalue weighted by Crippen LogP contribution is -2.80. The molecule has 3 rings (SSSR count). The summed E-state index contributed by atoms with van der Waals surface area (Å²) >= 11 is 0. The molecule has 1 heterocycles. The zero-order chi connectivity index (χ0) is 17.3. The summed E-state index contributed by atoms with van der Waals surface area (Å²) in [6, 6.07) is 20.1. The van der Waals surface area contributed by atoms with Gasteiger partial charge in [0.15, 0.2) is 17.3 Å². The number of hydrogen-bond acceptors (Lipinski definition) is 3. The Labute approximate surface area is 148 Å². The van der Waals surface area contributed by atoms with Gasteiger partial charge in [0.1, 0.15) is 19.7 Å². The summed E-state index contributed by atoms with van der Waals surface area (Å²) in [6.07, 6.45) is 1.70. The summed E-state index contributed by atoms with van der Waals surface area (Å²) in [7, 11) is 0. The molecule has 0 spiro atoms. The fourth-order valence-electron chi connectivity index (χ4n) is 2.68. The molecule has 0 aliphatic rings. The molecule has 25 heavy (non-hydrogen) atoms. The Hall–Kier alpha value is -2.72. The molecule has 1 aromatic heterocycles. The van der Waals surface area contributed by atoms with E-state index in [-0.39, 0.29) is 0 Å². The monoisotopic (exact) mass is 338 g/mol. The van der Waals surface area contributed by atoms with Gasteiger partial charge in [0, 0.05) is 0 Å². The van der Waals surface area contributed by atoms with Gasteiger partial charge < -0.3 is 19.2 Å². The molecule has 0 amide bonds. The van der Waals surface area contributed by atoms with Gasteiger partial charge >= 0.3 is 0 Å². The fourth-order valence-corrected chi connectivity index (χ4v) is 2.68. The first kappa shape index (κ1) is 17.1. The standard InChI is InChI=1S/C21H23NO3/c1-2-23-20-12-6-10-18(14-22-15-19-11-7-13-24-19)21(20)25-16-17-8-4-3-5-9-17/h3-13,22H,2,14-16H2,1H3/p+1. The zero-order valence-electron chi connectivity index (χ0n) is 14.5. The van der Waals surface area contributed by atoms with E-state index in [1.54, 1.807) is 6.26 Å². The maximum absolute atomic E-state index is 6.13. The Morgan fingerprint density at radius 2 is 1.76 bits per heavy atom. The highest BCUT2D eigenvalue weighted by atomic mass is 16.5. The van der Waals surface area contributed by atoms with Gasteiger partial charge in [-0.3, -0.25) is 0 Å². The summed E-state index contributed by atoms with van der Waals surface area (Å²) in [5.74, 6) is 2.58. The van der Waals surface area contributed by atoms with Gasteiger partial charge in [-0.05, 0) is 36.8 Å². The molecule has 3 aromatic rings. The Morgan fingerprint density at radius 3 is 2.52 bits per heavy atom. The lowest BCUT2D eigenvalue weighted by molar-refractivity contribution is -0.688. The molecule has 0 saturated heterocycles. The number of rotatable bonds is 9. The molecule has 0 aliphatic heterocycles. The normalized spacial score (nSPS) is 10.6. The summed E-state index contributed by atoms with van der Waals surface area (Å²) in [5.41, 5.74) is 2.26. The van der Waals surface area contributed by atoms with Crippen molar-refractivity contribution in [1.29, 1.82) is 0 Å². The van der Waals surface area contributed by atoms with E-state index in [1.165, 1.54) is 0 Å². The molecule has 0 radical (unpaired) electrons. The van der Waals surface area contributed by atoms with Gasteiger partial charge in [-0.2, -0.15) is 0 Å². The van der Waals surface area contributed by atoms with Crippen molar-refractivity contribution < 1.29 is 19.2 Å². The third-order valence-electron chi connectivity index (χ3n) is 3.88. The SMILES string of the molecule is CCOc1cccc(C[NH2+]Cc2ccco2)c1OCc1ccccc1. The number of nitrogens with two attached hydrogens (primary N) is 1. The highest BCUT2D eigenvalue weighted by Crippen LogP contribution is 2.31. The molecular formula is C21H24NO3+. The predicted octanol–water partition coefficient (Wildman–Crippen LogP) is 3.52. The molecule has 2 aromatic carbocycles. The topological polar surface area (TPSA) is 48.2 Å². The number of ether oxygens (including phenoxy) is 2. The molecule has 4 nitrogen and oxygen atoms in total. The summed E-state index contributed by atoms with van der Waals surface area (Å²) < 4.78 is 17.3. The van der Waals surface area contributed by atoms with Gasteiger partial charge in [-0.1, -0.05) is 36.4 Å². The largest absolute Gasteiger partial charge is 0.490 e. The number of quaternary nitrogens is 1. The number of furan rings is 1. The van der Waals surface area contributed by atoms with Crippen LogP contribution >= 0.6 is 0 Å². The van der Waals surface area contributed by atoms with Crippen molar-refractivity contribution in [2.75, 3.05) is 6.61 Å². The van der Waals surface area contributed by atoms with Crippen molar-refractivity contribution in [3.05, 3.63) is 83.8 Å². The van der Waals surface area contributed by atoms with Gasteiger partial charge in [0.2, 0.25) is 0 Å². The first-order valence-electron chi connectivity index (χ1n) is 8.62. The lowest BCUT2D eigenvalue weighted by Gasteiger charge is -2.15. The highest BCUT2D eigenvalue weighted by Gasteiger charge is 2.13. The van der Waals surface area contributed by atoms with E-state index in [9.17, 15) is 0 Å². The van der Waals surface area contributed by atoms with E-state index >= 15 is 0 Å². The molecule has 0 aliphatic carbocycles. The van der Waals surface area contributed by atoms with Crippen LogP contribution < -0.4 is 14.8 Å². The number of hydrogen-bond donors (Lipinski definition) is 1. The number of para-hydroxylation sites is 1. The fraction of sp³-hybridized carbons (Fsp3) is 0.238. The highest BCUT2D eigenvalue weighted by molar-refractivity contribution is 5.46. The molecule has 0 unspecified atom stereocenters. The van der Waals surface area contributed by atoms with Crippen LogP contribution in [0, 0.1) is 0 Å². The lowest BCUT2D eigenvalue weighted by atomic mass is 10.1. The van der Waals surface area contributed by atoms with E-state index in [4.69, 9.17) is 13.9 Å². The van der Waals surface area contributed by atoms with Gasteiger partial charge in [-0.15, -0.1) is 0 Å². The first-order valence-corrected chi connectivity index (χ1v) is 8.62. The quantitative estimate of drug-likeness (QED) is 0.649. The van der Waals surface area contributed by atoms with Crippen LogP contribution in [-0.2, 0) is 19.7 Å². The molecule has 0 bridgehead atoms. The van der Waals surface area contributed by atoms with Crippen molar-refractivity contribution in [3.63, 3.8) is 0 Å². The summed E-state index contributed by atoms with van der Waals surface area (Å²) in [5, 5.41) is 2.19. The van der Waals surface area contributed by atoms with E-state index in [0.717, 1.165) is 41.5 Å². The van der Waals surface area contributed by atoms with E-state index in [1.807, 2.05) is 49.4 Å². The Morgan fingerprint density at radius 1 is 0.880 bits per heavy atom. The third-order valence-corrected chi connectivity index (χ3v) is 3.88. The van der Waals surface area contributed by atoms with Crippen LogP contribution in [0.4, 0.5) is 0 Å². The molecule has 0 saturated carbocycles. The Bertz CT molecular complexity index is 754.